The molecule has 2 aromatic heterocycles. The van der Waals surface area contributed by atoms with Crippen molar-refractivity contribution in [3.8, 4) is 22.8 Å². The number of pyridine rings is 1. The molecule has 0 radical (unpaired) electrons. The van der Waals surface area contributed by atoms with Gasteiger partial charge in [0.25, 0.3) is 5.91 Å². The average Bonchev–Trinajstić information content (AvgIpc) is 3.33. The van der Waals surface area contributed by atoms with Gasteiger partial charge in [0.05, 0.1) is 13.2 Å². The molecule has 39 heavy (non-hydrogen) atoms. The highest BCUT2D eigenvalue weighted by molar-refractivity contribution is 7.89. The van der Waals surface area contributed by atoms with Gasteiger partial charge >= 0.3 is 0 Å². The lowest BCUT2D eigenvalue weighted by molar-refractivity contribution is -0.0249. The number of primary amides is 1. The molecule has 1 aliphatic rings. The van der Waals surface area contributed by atoms with Crippen LogP contribution in [0.5, 0.6) is 11.6 Å². The SMILES string of the molecule is CCOc1ccc(-c2cccc(OC[C@@H]3CN(S(=O)(=O)c4c(C(N)=O)[nH]c5ccc(Cl)cc45)CCO3)c2)cn1. The van der Waals surface area contributed by atoms with E-state index in [0.717, 1.165) is 11.1 Å². The third-order valence-electron chi connectivity index (χ3n) is 6.29. The molecule has 1 aliphatic heterocycles. The molecule has 2 aromatic carbocycles. The van der Waals surface area contributed by atoms with Crippen LogP contribution in [0.15, 0.2) is 65.7 Å². The zero-order chi connectivity index (χ0) is 27.6. The van der Waals surface area contributed by atoms with Crippen molar-refractivity contribution < 1.29 is 27.4 Å². The number of carbonyl (C=O) groups excluding carboxylic acids is 1. The Labute approximate surface area is 230 Å². The molecule has 0 aliphatic carbocycles. The molecule has 0 bridgehead atoms. The summed E-state index contributed by atoms with van der Waals surface area (Å²) in [6.07, 6.45) is 1.20. The summed E-state index contributed by atoms with van der Waals surface area (Å²) in [7, 11) is -4.11. The molecule has 1 atom stereocenters. The van der Waals surface area contributed by atoms with E-state index in [1.165, 1.54) is 10.4 Å². The number of sulfonamides is 1. The van der Waals surface area contributed by atoms with Crippen LogP contribution in [0, 0.1) is 0 Å². The molecule has 204 valence electrons. The Morgan fingerprint density at radius 3 is 2.77 bits per heavy atom. The highest BCUT2D eigenvalue weighted by atomic mass is 35.5. The Morgan fingerprint density at radius 1 is 1.18 bits per heavy atom. The van der Waals surface area contributed by atoms with Crippen LogP contribution >= 0.6 is 11.6 Å². The van der Waals surface area contributed by atoms with Gasteiger partial charge in [0.15, 0.2) is 0 Å². The first-order chi connectivity index (χ1) is 18.8. The summed E-state index contributed by atoms with van der Waals surface area (Å²) in [5, 5.41) is 0.640. The number of aromatic nitrogens is 2. The van der Waals surface area contributed by atoms with Crippen LogP contribution in [0.1, 0.15) is 17.4 Å². The number of morpholine rings is 1. The maximum Gasteiger partial charge on any atom is 0.266 e. The van der Waals surface area contributed by atoms with Crippen molar-refractivity contribution in [3.63, 3.8) is 0 Å². The molecule has 1 amide bonds. The first-order valence-electron chi connectivity index (χ1n) is 12.3. The Hall–Kier alpha value is -3.64. The quantitative estimate of drug-likeness (QED) is 0.312. The number of ether oxygens (including phenoxy) is 3. The lowest BCUT2D eigenvalue weighted by Gasteiger charge is -2.32. The van der Waals surface area contributed by atoms with Gasteiger partial charge in [-0.1, -0.05) is 23.7 Å². The Balaban J connectivity index is 1.31. The highest BCUT2D eigenvalue weighted by Gasteiger charge is 2.36. The second-order valence-electron chi connectivity index (χ2n) is 8.90. The number of halogens is 1. The molecule has 1 saturated heterocycles. The molecule has 4 aromatic rings. The molecule has 1 fully saturated rings. The second kappa shape index (κ2) is 11.2. The Morgan fingerprint density at radius 2 is 2.03 bits per heavy atom. The van der Waals surface area contributed by atoms with E-state index in [9.17, 15) is 13.2 Å². The molecule has 0 saturated carbocycles. The number of aromatic amines is 1. The fourth-order valence-corrected chi connectivity index (χ4v) is 6.42. The largest absolute Gasteiger partial charge is 0.491 e. The molecule has 5 rings (SSSR count). The summed E-state index contributed by atoms with van der Waals surface area (Å²) in [6, 6.07) is 15.9. The molecule has 0 spiro atoms. The zero-order valence-electron chi connectivity index (χ0n) is 21.1. The topological polar surface area (TPSA) is 137 Å². The van der Waals surface area contributed by atoms with Crippen molar-refractivity contribution in [2.24, 2.45) is 5.73 Å². The summed E-state index contributed by atoms with van der Waals surface area (Å²) in [6.45, 7) is 2.89. The number of nitrogens with one attached hydrogen (secondary N) is 1. The van der Waals surface area contributed by atoms with Crippen molar-refractivity contribution >= 4 is 38.4 Å². The number of nitrogens with zero attached hydrogens (tertiary/aromatic N) is 2. The summed E-state index contributed by atoms with van der Waals surface area (Å²) in [5.74, 6) is 0.283. The van der Waals surface area contributed by atoms with E-state index in [2.05, 4.69) is 9.97 Å². The Kier molecular flexibility index (Phi) is 7.76. The maximum atomic E-state index is 13.7. The third kappa shape index (κ3) is 5.71. The fourth-order valence-electron chi connectivity index (χ4n) is 4.46. The van der Waals surface area contributed by atoms with Crippen molar-refractivity contribution in [1.29, 1.82) is 0 Å². The minimum atomic E-state index is -4.11. The van der Waals surface area contributed by atoms with Crippen LogP contribution in [0.2, 0.25) is 5.02 Å². The first-order valence-corrected chi connectivity index (χ1v) is 14.1. The van der Waals surface area contributed by atoms with Gasteiger partial charge in [0.1, 0.15) is 29.0 Å². The van der Waals surface area contributed by atoms with Gasteiger partial charge in [0, 0.05) is 46.8 Å². The predicted octanol–water partition coefficient (Wildman–Crippen LogP) is 3.85. The van der Waals surface area contributed by atoms with Crippen LogP contribution in [0.4, 0.5) is 0 Å². The number of carbonyl (C=O) groups is 1. The number of H-pyrrole nitrogens is 1. The first kappa shape index (κ1) is 26.9. The van der Waals surface area contributed by atoms with Gasteiger partial charge in [-0.15, -0.1) is 0 Å². The van der Waals surface area contributed by atoms with Gasteiger partial charge < -0.3 is 24.9 Å². The fraction of sp³-hybridized carbons (Fsp3) is 0.259. The summed E-state index contributed by atoms with van der Waals surface area (Å²) in [4.78, 5) is 19.1. The molecule has 12 heteroatoms. The van der Waals surface area contributed by atoms with Crippen LogP contribution in [-0.4, -0.2) is 67.6 Å². The maximum absolute atomic E-state index is 13.7. The number of nitrogens with two attached hydrogens (primary N) is 1. The van der Waals surface area contributed by atoms with E-state index in [-0.39, 0.29) is 36.9 Å². The lowest BCUT2D eigenvalue weighted by Crippen LogP contribution is -2.47. The van der Waals surface area contributed by atoms with Crippen molar-refractivity contribution in [2.45, 2.75) is 17.9 Å². The van der Waals surface area contributed by atoms with Crippen molar-refractivity contribution in [1.82, 2.24) is 14.3 Å². The lowest BCUT2D eigenvalue weighted by atomic mass is 10.1. The van der Waals surface area contributed by atoms with Crippen molar-refractivity contribution in [3.05, 3.63) is 71.5 Å². The molecule has 10 nitrogen and oxygen atoms in total. The predicted molar refractivity (Wildman–Crippen MR) is 147 cm³/mol. The highest BCUT2D eigenvalue weighted by Crippen LogP contribution is 2.32. The summed E-state index contributed by atoms with van der Waals surface area (Å²) < 4.78 is 45.9. The Bertz CT molecular complexity index is 1610. The number of hydrogen-bond donors (Lipinski definition) is 2. The van der Waals surface area contributed by atoms with E-state index >= 15 is 0 Å². The van der Waals surface area contributed by atoms with E-state index in [1.54, 1.807) is 18.3 Å². The van der Waals surface area contributed by atoms with Gasteiger partial charge in [-0.25, -0.2) is 13.4 Å². The van der Waals surface area contributed by atoms with Gasteiger partial charge in [0.2, 0.25) is 15.9 Å². The molecule has 0 unspecified atom stereocenters. The van der Waals surface area contributed by atoms with E-state index in [4.69, 9.17) is 31.5 Å². The van der Waals surface area contributed by atoms with Crippen LogP contribution < -0.4 is 15.2 Å². The van der Waals surface area contributed by atoms with E-state index in [0.29, 0.717) is 34.2 Å². The number of hydrogen-bond acceptors (Lipinski definition) is 7. The normalized spacial score (nSPS) is 16.3. The molecular formula is C27H27ClN4O6S. The number of fused-ring (bicyclic) bond motifs is 1. The van der Waals surface area contributed by atoms with Crippen molar-refractivity contribution in [2.75, 3.05) is 32.9 Å². The minimum Gasteiger partial charge on any atom is -0.491 e. The molecule has 3 N–H and O–H groups in total. The monoisotopic (exact) mass is 570 g/mol. The standard InChI is InChI=1S/C27H27ClN4O6S/c1-2-36-24-9-6-18(14-30-24)17-4-3-5-20(12-17)38-16-21-15-32(10-11-37-21)39(34,35)26-22-13-19(28)7-8-23(22)31-25(26)27(29)33/h3-9,12-14,21,31H,2,10-11,15-16H2,1H3,(H2,29,33)/t21-/m0/s1. The van der Waals surface area contributed by atoms with E-state index in [1.807, 2.05) is 43.3 Å². The van der Waals surface area contributed by atoms with Crippen LogP contribution in [0.25, 0.3) is 22.0 Å². The minimum absolute atomic E-state index is 0.0380. The molecular weight excluding hydrogens is 544 g/mol. The average molecular weight is 571 g/mol. The van der Waals surface area contributed by atoms with Gasteiger partial charge in [-0.05, 0) is 48.9 Å². The van der Waals surface area contributed by atoms with Crippen LogP contribution in [0.3, 0.4) is 0 Å². The number of amides is 1. The summed E-state index contributed by atoms with van der Waals surface area (Å²) >= 11 is 6.12. The smallest absolute Gasteiger partial charge is 0.266 e. The third-order valence-corrected chi connectivity index (χ3v) is 8.48. The van der Waals surface area contributed by atoms with Gasteiger partial charge in [-0.2, -0.15) is 4.31 Å². The van der Waals surface area contributed by atoms with Gasteiger partial charge in [-0.3, -0.25) is 4.79 Å². The van der Waals surface area contributed by atoms with E-state index < -0.39 is 22.0 Å². The number of rotatable bonds is 9. The zero-order valence-corrected chi connectivity index (χ0v) is 22.7. The number of benzene rings is 2. The summed E-state index contributed by atoms with van der Waals surface area (Å²) in [5.41, 5.74) is 7.59. The molecule has 3 heterocycles. The second-order valence-corrected chi connectivity index (χ2v) is 11.2. The van der Waals surface area contributed by atoms with Crippen LogP contribution in [-0.2, 0) is 14.8 Å².